The number of aromatic nitrogens is 2. The van der Waals surface area contributed by atoms with Crippen molar-refractivity contribution >= 4 is 22.9 Å². The number of pyridine rings is 1. The van der Waals surface area contributed by atoms with Crippen molar-refractivity contribution in [3.05, 3.63) is 65.6 Å². The summed E-state index contributed by atoms with van der Waals surface area (Å²) in [4.78, 5) is 21.6. The Balaban J connectivity index is 1.86. The smallest absolute Gasteiger partial charge is 0.284 e. The fraction of sp³-hybridized carbons (Fsp3) is 0.0625. The highest BCUT2D eigenvalue weighted by Crippen LogP contribution is 2.29. The molecule has 0 saturated carbocycles. The van der Waals surface area contributed by atoms with Crippen molar-refractivity contribution in [3.63, 3.8) is 0 Å². The first kappa shape index (κ1) is 13.5. The van der Waals surface area contributed by atoms with Crippen LogP contribution in [0.15, 0.2) is 54.9 Å². The zero-order chi connectivity index (χ0) is 14.7. The fourth-order valence-corrected chi connectivity index (χ4v) is 2.94. The Bertz CT molecular complexity index is 754. The summed E-state index contributed by atoms with van der Waals surface area (Å²) < 4.78 is 0. The molecule has 104 valence electrons. The van der Waals surface area contributed by atoms with Crippen molar-refractivity contribution in [3.8, 4) is 10.4 Å². The number of para-hydroxylation sites is 1. The Morgan fingerprint density at radius 1 is 1.10 bits per heavy atom. The van der Waals surface area contributed by atoms with E-state index >= 15 is 0 Å². The molecule has 0 unspecified atom stereocenters. The second-order valence-corrected chi connectivity index (χ2v) is 5.49. The molecule has 0 saturated heterocycles. The van der Waals surface area contributed by atoms with Crippen LogP contribution in [0.25, 0.3) is 10.4 Å². The summed E-state index contributed by atoms with van der Waals surface area (Å²) in [5.74, 6) is -0.186. The summed E-state index contributed by atoms with van der Waals surface area (Å²) in [5, 5.41) is 3.31. The highest BCUT2D eigenvalue weighted by Gasteiger charge is 2.15. The number of anilines is 1. The standard InChI is InChI=1S/C16H13N3OS/c1-11-14(12-7-9-17-10-8-12)21-16(18-11)15(20)19-13-5-3-2-4-6-13/h2-10H,1H3,(H,19,20). The van der Waals surface area contributed by atoms with Gasteiger partial charge in [0, 0.05) is 18.1 Å². The van der Waals surface area contributed by atoms with E-state index in [1.165, 1.54) is 11.3 Å². The summed E-state index contributed by atoms with van der Waals surface area (Å²) >= 11 is 1.39. The van der Waals surface area contributed by atoms with Gasteiger partial charge in [-0.15, -0.1) is 11.3 Å². The maximum atomic E-state index is 12.2. The van der Waals surface area contributed by atoms with E-state index in [4.69, 9.17) is 0 Å². The summed E-state index contributed by atoms with van der Waals surface area (Å²) in [6, 6.07) is 13.2. The number of amides is 1. The predicted octanol–water partition coefficient (Wildman–Crippen LogP) is 3.77. The Morgan fingerprint density at radius 3 is 2.52 bits per heavy atom. The highest BCUT2D eigenvalue weighted by molar-refractivity contribution is 7.17. The predicted molar refractivity (Wildman–Crippen MR) is 84.5 cm³/mol. The average Bonchev–Trinajstić information content (AvgIpc) is 2.91. The molecule has 0 atom stereocenters. The lowest BCUT2D eigenvalue weighted by Crippen LogP contribution is -2.11. The Morgan fingerprint density at radius 2 is 1.81 bits per heavy atom. The van der Waals surface area contributed by atoms with Gasteiger partial charge in [0.1, 0.15) is 0 Å². The third kappa shape index (κ3) is 2.98. The molecule has 5 heteroatoms. The van der Waals surface area contributed by atoms with Crippen LogP contribution < -0.4 is 5.32 Å². The largest absolute Gasteiger partial charge is 0.320 e. The third-order valence-corrected chi connectivity index (χ3v) is 4.17. The number of hydrogen-bond donors (Lipinski definition) is 1. The van der Waals surface area contributed by atoms with E-state index < -0.39 is 0 Å². The minimum Gasteiger partial charge on any atom is -0.320 e. The van der Waals surface area contributed by atoms with Gasteiger partial charge in [0.25, 0.3) is 5.91 Å². The molecule has 0 aliphatic heterocycles. The van der Waals surface area contributed by atoms with Crippen molar-refractivity contribution in [2.75, 3.05) is 5.32 Å². The first-order valence-corrected chi connectivity index (χ1v) is 7.30. The van der Waals surface area contributed by atoms with E-state index in [2.05, 4.69) is 15.3 Å². The second kappa shape index (κ2) is 5.85. The van der Waals surface area contributed by atoms with Crippen molar-refractivity contribution in [2.24, 2.45) is 0 Å². The molecule has 0 aliphatic carbocycles. The van der Waals surface area contributed by atoms with Crippen molar-refractivity contribution in [2.45, 2.75) is 6.92 Å². The molecule has 4 nitrogen and oxygen atoms in total. The van der Waals surface area contributed by atoms with Gasteiger partial charge in [-0.1, -0.05) is 18.2 Å². The Labute approximate surface area is 126 Å². The lowest BCUT2D eigenvalue weighted by atomic mass is 10.2. The number of thiazole rings is 1. The van der Waals surface area contributed by atoms with E-state index in [-0.39, 0.29) is 5.91 Å². The summed E-state index contributed by atoms with van der Waals surface area (Å²) in [7, 11) is 0. The van der Waals surface area contributed by atoms with Gasteiger partial charge in [-0.2, -0.15) is 0 Å². The monoisotopic (exact) mass is 295 g/mol. The van der Waals surface area contributed by atoms with Crippen LogP contribution in [0.4, 0.5) is 5.69 Å². The molecule has 0 fully saturated rings. The molecule has 1 N–H and O–H groups in total. The van der Waals surface area contributed by atoms with E-state index in [9.17, 15) is 4.79 Å². The molecule has 2 heterocycles. The highest BCUT2D eigenvalue weighted by atomic mass is 32.1. The molecule has 0 bridgehead atoms. The molecular formula is C16H13N3OS. The van der Waals surface area contributed by atoms with E-state index in [0.717, 1.165) is 21.8 Å². The van der Waals surface area contributed by atoms with Gasteiger partial charge in [0.2, 0.25) is 0 Å². The zero-order valence-electron chi connectivity index (χ0n) is 11.4. The lowest BCUT2D eigenvalue weighted by Gasteiger charge is -2.01. The van der Waals surface area contributed by atoms with Gasteiger partial charge >= 0.3 is 0 Å². The summed E-state index contributed by atoms with van der Waals surface area (Å²) in [5.41, 5.74) is 2.64. The van der Waals surface area contributed by atoms with Gasteiger partial charge in [0.05, 0.1) is 10.6 Å². The lowest BCUT2D eigenvalue weighted by molar-refractivity contribution is 0.102. The minimum absolute atomic E-state index is 0.186. The molecule has 0 aliphatic rings. The number of aryl methyl sites for hydroxylation is 1. The molecule has 3 aromatic rings. The Hall–Kier alpha value is -2.53. The quantitative estimate of drug-likeness (QED) is 0.800. The number of nitrogens with zero attached hydrogens (tertiary/aromatic N) is 2. The van der Waals surface area contributed by atoms with Crippen LogP contribution in [-0.4, -0.2) is 15.9 Å². The SMILES string of the molecule is Cc1nc(C(=O)Nc2ccccc2)sc1-c1ccncc1. The molecule has 1 aromatic carbocycles. The van der Waals surface area contributed by atoms with Crippen molar-refractivity contribution in [1.82, 2.24) is 9.97 Å². The maximum absolute atomic E-state index is 12.2. The minimum atomic E-state index is -0.186. The van der Waals surface area contributed by atoms with Crippen LogP contribution in [0.1, 0.15) is 15.5 Å². The van der Waals surface area contributed by atoms with Crippen LogP contribution in [0, 0.1) is 6.92 Å². The molecular weight excluding hydrogens is 282 g/mol. The van der Waals surface area contributed by atoms with E-state index in [1.807, 2.05) is 49.4 Å². The van der Waals surface area contributed by atoms with Crippen LogP contribution in [0.5, 0.6) is 0 Å². The zero-order valence-corrected chi connectivity index (χ0v) is 12.2. The summed E-state index contributed by atoms with van der Waals surface area (Å²) in [6.07, 6.45) is 3.47. The van der Waals surface area contributed by atoms with E-state index in [1.54, 1.807) is 12.4 Å². The topological polar surface area (TPSA) is 54.9 Å². The van der Waals surface area contributed by atoms with Gasteiger partial charge < -0.3 is 5.32 Å². The van der Waals surface area contributed by atoms with Gasteiger partial charge in [-0.05, 0) is 36.8 Å². The molecule has 0 radical (unpaired) electrons. The van der Waals surface area contributed by atoms with Crippen LogP contribution in [-0.2, 0) is 0 Å². The molecule has 0 spiro atoms. The number of nitrogens with one attached hydrogen (secondary N) is 1. The van der Waals surface area contributed by atoms with Crippen LogP contribution in [0.3, 0.4) is 0 Å². The molecule has 2 aromatic heterocycles. The second-order valence-electron chi connectivity index (χ2n) is 4.49. The van der Waals surface area contributed by atoms with Crippen LogP contribution in [0.2, 0.25) is 0 Å². The Kier molecular flexibility index (Phi) is 3.75. The molecule has 21 heavy (non-hydrogen) atoms. The van der Waals surface area contributed by atoms with Gasteiger partial charge in [0.15, 0.2) is 5.01 Å². The number of carbonyl (C=O) groups excluding carboxylic acids is 1. The van der Waals surface area contributed by atoms with Crippen molar-refractivity contribution < 1.29 is 4.79 Å². The van der Waals surface area contributed by atoms with E-state index in [0.29, 0.717) is 5.01 Å². The fourth-order valence-electron chi connectivity index (χ4n) is 1.97. The molecule has 3 rings (SSSR count). The van der Waals surface area contributed by atoms with Gasteiger partial charge in [-0.25, -0.2) is 4.98 Å². The number of carbonyl (C=O) groups is 1. The summed E-state index contributed by atoms with van der Waals surface area (Å²) in [6.45, 7) is 1.91. The first-order chi connectivity index (χ1) is 10.2. The maximum Gasteiger partial charge on any atom is 0.284 e. The number of hydrogen-bond acceptors (Lipinski definition) is 4. The number of rotatable bonds is 3. The third-order valence-electron chi connectivity index (χ3n) is 2.97. The van der Waals surface area contributed by atoms with Gasteiger partial charge in [-0.3, -0.25) is 9.78 Å². The normalized spacial score (nSPS) is 10.3. The molecule has 1 amide bonds. The van der Waals surface area contributed by atoms with Crippen LogP contribution >= 0.6 is 11.3 Å². The average molecular weight is 295 g/mol. The number of benzene rings is 1. The van der Waals surface area contributed by atoms with Crippen molar-refractivity contribution in [1.29, 1.82) is 0 Å². The first-order valence-electron chi connectivity index (χ1n) is 6.48.